The van der Waals surface area contributed by atoms with Crippen LogP contribution in [0.4, 0.5) is 5.69 Å². The molecule has 0 amide bonds. The maximum atomic E-state index is 11.5. The number of nitriles is 1. The van der Waals surface area contributed by atoms with E-state index in [1.807, 2.05) is 6.07 Å². The molecule has 96 valence electrons. The first-order valence-electron chi connectivity index (χ1n) is 5.00. The third kappa shape index (κ3) is 4.43. The van der Waals surface area contributed by atoms with Gasteiger partial charge >= 0.3 is 5.97 Å². The van der Waals surface area contributed by atoms with E-state index in [4.69, 9.17) is 5.26 Å². The molecule has 1 rings (SSSR count). The first kappa shape index (κ1) is 14.0. The zero-order valence-electron chi connectivity index (χ0n) is 9.71. The van der Waals surface area contributed by atoms with Crippen LogP contribution in [0.5, 0.6) is 0 Å². The zero-order chi connectivity index (χ0) is 13.6. The van der Waals surface area contributed by atoms with Gasteiger partial charge in [0.05, 0.1) is 19.6 Å². The third-order valence-corrected chi connectivity index (χ3v) is 3.21. The van der Waals surface area contributed by atoms with Gasteiger partial charge in [-0.3, -0.25) is 9.52 Å². The molecular formula is C11H12N2O4S. The molecule has 1 aromatic rings. The fraction of sp³-hybridized carbons (Fsp3) is 0.273. The van der Waals surface area contributed by atoms with E-state index in [1.54, 1.807) is 12.1 Å². The minimum Gasteiger partial charge on any atom is -0.468 e. The first-order chi connectivity index (χ1) is 8.46. The van der Waals surface area contributed by atoms with Crippen molar-refractivity contribution in [2.45, 2.75) is 6.42 Å². The molecule has 0 aliphatic carbocycles. The fourth-order valence-electron chi connectivity index (χ4n) is 1.21. The van der Waals surface area contributed by atoms with Crippen molar-refractivity contribution in [1.29, 1.82) is 5.26 Å². The van der Waals surface area contributed by atoms with Crippen LogP contribution in [0.15, 0.2) is 24.3 Å². The molecule has 0 atom stereocenters. The summed E-state index contributed by atoms with van der Waals surface area (Å²) in [6.45, 7) is 0. The number of hydrogen-bond donors (Lipinski definition) is 1. The number of esters is 1. The topological polar surface area (TPSA) is 96.3 Å². The van der Waals surface area contributed by atoms with Gasteiger partial charge in [0.25, 0.3) is 0 Å². The van der Waals surface area contributed by atoms with E-state index in [1.165, 1.54) is 12.1 Å². The van der Waals surface area contributed by atoms with Gasteiger partial charge in [0.1, 0.15) is 0 Å². The van der Waals surface area contributed by atoms with Crippen LogP contribution in [-0.4, -0.2) is 27.2 Å². The highest BCUT2D eigenvalue weighted by atomic mass is 32.2. The lowest BCUT2D eigenvalue weighted by atomic mass is 10.1. The summed E-state index contributed by atoms with van der Waals surface area (Å²) in [5.41, 5.74) is 1.12. The number of anilines is 1. The van der Waals surface area contributed by atoms with E-state index < -0.39 is 21.7 Å². The predicted molar refractivity (Wildman–Crippen MR) is 65.2 cm³/mol. The molecular weight excluding hydrogens is 256 g/mol. The van der Waals surface area contributed by atoms with Crippen LogP contribution < -0.4 is 4.72 Å². The van der Waals surface area contributed by atoms with Gasteiger partial charge in [-0.25, -0.2) is 8.42 Å². The van der Waals surface area contributed by atoms with E-state index >= 15 is 0 Å². The molecule has 0 aliphatic rings. The molecule has 0 saturated carbocycles. The number of hydrogen-bond acceptors (Lipinski definition) is 5. The molecule has 0 aromatic heterocycles. The quantitative estimate of drug-likeness (QED) is 0.791. The summed E-state index contributed by atoms with van der Waals surface area (Å²) in [6.07, 6.45) is 0.259. The normalized spacial score (nSPS) is 10.4. The van der Waals surface area contributed by atoms with Crippen LogP contribution in [0.2, 0.25) is 0 Å². The summed E-state index contributed by atoms with van der Waals surface area (Å²) in [4.78, 5) is 10.9. The number of ether oxygens (including phenoxy) is 1. The molecule has 0 bridgehead atoms. The minimum absolute atomic E-state index is 0.259. The molecule has 0 radical (unpaired) electrons. The zero-order valence-corrected chi connectivity index (χ0v) is 10.5. The Labute approximate surface area is 105 Å². The Balaban J connectivity index is 2.73. The van der Waals surface area contributed by atoms with Gasteiger partial charge in [0.2, 0.25) is 10.0 Å². The number of benzene rings is 1. The van der Waals surface area contributed by atoms with E-state index in [-0.39, 0.29) is 6.42 Å². The number of methoxy groups -OCH3 is 1. The van der Waals surface area contributed by atoms with Crippen molar-refractivity contribution >= 4 is 21.7 Å². The molecule has 0 unspecified atom stereocenters. The fourth-order valence-corrected chi connectivity index (χ4v) is 2.21. The van der Waals surface area contributed by atoms with Gasteiger partial charge in [-0.2, -0.15) is 5.26 Å². The summed E-state index contributed by atoms with van der Waals surface area (Å²) in [7, 11) is -2.64. The van der Waals surface area contributed by atoms with Crippen LogP contribution in [-0.2, 0) is 26.0 Å². The number of carbonyl (C=O) groups is 1. The Hall–Kier alpha value is -2.07. The molecule has 18 heavy (non-hydrogen) atoms. The second kappa shape index (κ2) is 6.02. The van der Waals surface area contributed by atoms with Crippen molar-refractivity contribution in [3.05, 3.63) is 29.8 Å². The van der Waals surface area contributed by atoms with Crippen LogP contribution in [0.1, 0.15) is 5.56 Å². The standard InChI is InChI=1S/C11H12N2O4S/c1-17-11(14)8-18(15,16)13-10-4-2-9(3-5-10)6-7-12/h2-5,13H,6,8H2,1H3. The predicted octanol–water partition coefficient (Wildman–Crippen LogP) is 0.667. The molecule has 0 heterocycles. The van der Waals surface area contributed by atoms with Crippen molar-refractivity contribution in [3.63, 3.8) is 0 Å². The van der Waals surface area contributed by atoms with Gasteiger partial charge in [0, 0.05) is 5.69 Å². The number of nitrogens with one attached hydrogen (secondary N) is 1. The molecule has 6 nitrogen and oxygen atoms in total. The lowest BCUT2D eigenvalue weighted by Crippen LogP contribution is -2.23. The second-order valence-corrected chi connectivity index (χ2v) is 5.19. The van der Waals surface area contributed by atoms with E-state index in [0.29, 0.717) is 5.69 Å². The molecule has 7 heteroatoms. The van der Waals surface area contributed by atoms with Crippen LogP contribution >= 0.6 is 0 Å². The maximum Gasteiger partial charge on any atom is 0.322 e. The minimum atomic E-state index is -3.76. The van der Waals surface area contributed by atoms with Gasteiger partial charge in [-0.15, -0.1) is 0 Å². The van der Waals surface area contributed by atoms with Gasteiger partial charge in [0.15, 0.2) is 5.75 Å². The second-order valence-electron chi connectivity index (χ2n) is 3.47. The van der Waals surface area contributed by atoms with Crippen molar-refractivity contribution in [3.8, 4) is 6.07 Å². The van der Waals surface area contributed by atoms with Crippen LogP contribution in [0, 0.1) is 11.3 Å². The summed E-state index contributed by atoms with van der Waals surface area (Å²) < 4.78 is 29.6. The molecule has 0 fully saturated rings. The highest BCUT2D eigenvalue weighted by Gasteiger charge is 2.16. The lowest BCUT2D eigenvalue weighted by molar-refractivity contribution is -0.137. The molecule has 0 aliphatic heterocycles. The number of sulfonamides is 1. The monoisotopic (exact) mass is 268 g/mol. The Bertz CT molecular complexity index is 558. The van der Waals surface area contributed by atoms with Crippen molar-refractivity contribution in [1.82, 2.24) is 0 Å². The Morgan fingerprint density at radius 2 is 2.00 bits per heavy atom. The molecule has 1 aromatic carbocycles. The summed E-state index contributed by atoms with van der Waals surface area (Å²) in [5, 5.41) is 8.49. The molecule has 1 N–H and O–H groups in total. The maximum absolute atomic E-state index is 11.5. The highest BCUT2D eigenvalue weighted by Crippen LogP contribution is 2.11. The summed E-state index contributed by atoms with van der Waals surface area (Å²) >= 11 is 0. The van der Waals surface area contributed by atoms with E-state index in [0.717, 1.165) is 12.7 Å². The first-order valence-corrected chi connectivity index (χ1v) is 6.65. The SMILES string of the molecule is COC(=O)CS(=O)(=O)Nc1ccc(CC#N)cc1. The van der Waals surface area contributed by atoms with Gasteiger partial charge in [-0.1, -0.05) is 12.1 Å². The van der Waals surface area contributed by atoms with Crippen LogP contribution in [0.3, 0.4) is 0 Å². The number of nitrogens with zero attached hydrogens (tertiary/aromatic N) is 1. The van der Waals surface area contributed by atoms with Crippen molar-refractivity contribution in [2.75, 3.05) is 17.6 Å². The summed E-state index contributed by atoms with van der Waals surface area (Å²) in [6, 6.07) is 8.32. The van der Waals surface area contributed by atoms with E-state index in [2.05, 4.69) is 9.46 Å². The Kier molecular flexibility index (Phi) is 4.68. The number of rotatable bonds is 5. The van der Waals surface area contributed by atoms with Gasteiger partial charge < -0.3 is 4.74 Å². The van der Waals surface area contributed by atoms with Crippen molar-refractivity contribution < 1.29 is 17.9 Å². The average Bonchev–Trinajstić information content (AvgIpc) is 2.31. The smallest absolute Gasteiger partial charge is 0.322 e. The summed E-state index contributed by atoms with van der Waals surface area (Å²) in [5.74, 6) is -1.56. The van der Waals surface area contributed by atoms with Crippen molar-refractivity contribution in [2.24, 2.45) is 0 Å². The average molecular weight is 268 g/mol. The number of carbonyl (C=O) groups excluding carboxylic acids is 1. The molecule has 0 saturated heterocycles. The van der Waals surface area contributed by atoms with Gasteiger partial charge in [-0.05, 0) is 17.7 Å². The van der Waals surface area contributed by atoms with Crippen LogP contribution in [0.25, 0.3) is 0 Å². The van der Waals surface area contributed by atoms with E-state index in [9.17, 15) is 13.2 Å². The Morgan fingerprint density at radius 1 is 1.39 bits per heavy atom. The largest absolute Gasteiger partial charge is 0.468 e. The third-order valence-electron chi connectivity index (χ3n) is 2.05. The molecule has 0 spiro atoms. The Morgan fingerprint density at radius 3 is 2.50 bits per heavy atom. The lowest BCUT2D eigenvalue weighted by Gasteiger charge is -2.07. The highest BCUT2D eigenvalue weighted by molar-refractivity contribution is 7.93.